The van der Waals surface area contributed by atoms with E-state index in [2.05, 4.69) is 35.6 Å². The Bertz CT molecular complexity index is 1250. The van der Waals surface area contributed by atoms with Crippen LogP contribution in [0.25, 0.3) is 33.5 Å². The van der Waals surface area contributed by atoms with Crippen LogP contribution >= 0.6 is 0 Å². The van der Waals surface area contributed by atoms with E-state index in [1.165, 1.54) is 0 Å². The zero-order chi connectivity index (χ0) is 22.1. The number of fused-ring (bicyclic) bond motifs is 1. The number of aromatic nitrogens is 5. The summed E-state index contributed by atoms with van der Waals surface area (Å²) in [7, 11) is 0. The fourth-order valence-electron chi connectivity index (χ4n) is 3.67. The lowest BCUT2D eigenvalue weighted by atomic mass is 10.0. The fraction of sp³-hybridized carbons (Fsp3) is 0.261. The Morgan fingerprint density at radius 3 is 2.69 bits per heavy atom. The lowest BCUT2D eigenvalue weighted by Gasteiger charge is -2.10. The number of aromatic amines is 1. The first-order chi connectivity index (χ1) is 15.6. The van der Waals surface area contributed by atoms with E-state index in [0.717, 1.165) is 35.0 Å². The number of carbonyl (C=O) groups excluding carboxylic acids is 1. The van der Waals surface area contributed by atoms with Crippen molar-refractivity contribution in [1.82, 2.24) is 30.2 Å². The number of hydrogen-bond acceptors (Lipinski definition) is 6. The first kappa shape index (κ1) is 20.1. The van der Waals surface area contributed by atoms with Gasteiger partial charge in [-0.2, -0.15) is 0 Å². The molecule has 162 valence electrons. The zero-order valence-electron chi connectivity index (χ0n) is 17.5. The molecule has 5 rings (SSSR count). The minimum atomic E-state index is -0.506. The van der Waals surface area contributed by atoms with Gasteiger partial charge in [0.2, 0.25) is 5.95 Å². The van der Waals surface area contributed by atoms with Crippen molar-refractivity contribution in [1.29, 1.82) is 0 Å². The highest BCUT2D eigenvalue weighted by molar-refractivity contribution is 5.97. The molecule has 1 unspecified atom stereocenters. The minimum absolute atomic E-state index is 0.325. The Labute approximate surface area is 184 Å². The smallest absolute Gasteiger partial charge is 0.321 e. The summed E-state index contributed by atoms with van der Waals surface area (Å²) in [5.74, 6) is 1.20. The standard InChI is InChI=1S/C23H23N7O2/c1-2-24-23(32)30-22-28-18-11-15(10-16(19(18)29-22)21-25-8-3-9-26-21)14-6-7-17(27-12-14)20(31)13-4-5-13/h3,6-13,20,31H,2,4-5H2,1H3,(H3,24,28,29,30,32). The molecule has 1 fully saturated rings. The summed E-state index contributed by atoms with van der Waals surface area (Å²) in [4.78, 5) is 32.9. The van der Waals surface area contributed by atoms with Crippen LogP contribution in [0.3, 0.4) is 0 Å². The second-order valence-corrected chi connectivity index (χ2v) is 7.81. The Morgan fingerprint density at radius 2 is 2.00 bits per heavy atom. The number of H-pyrrole nitrogens is 1. The van der Waals surface area contributed by atoms with Crippen LogP contribution in [-0.2, 0) is 0 Å². The molecule has 0 bridgehead atoms. The van der Waals surface area contributed by atoms with Crippen LogP contribution in [0.1, 0.15) is 31.6 Å². The number of aliphatic hydroxyl groups is 1. The molecule has 2 amide bonds. The van der Waals surface area contributed by atoms with Crippen LogP contribution in [0.2, 0.25) is 0 Å². The second-order valence-electron chi connectivity index (χ2n) is 7.81. The molecule has 4 N–H and O–H groups in total. The van der Waals surface area contributed by atoms with Gasteiger partial charge < -0.3 is 15.4 Å². The van der Waals surface area contributed by atoms with E-state index in [9.17, 15) is 9.90 Å². The van der Waals surface area contributed by atoms with Crippen molar-refractivity contribution in [3.8, 4) is 22.5 Å². The number of anilines is 1. The maximum atomic E-state index is 11.9. The van der Waals surface area contributed by atoms with E-state index in [1.807, 2.05) is 31.2 Å². The molecule has 0 radical (unpaired) electrons. The normalized spacial score (nSPS) is 14.3. The van der Waals surface area contributed by atoms with Crippen LogP contribution in [0, 0.1) is 5.92 Å². The first-order valence-corrected chi connectivity index (χ1v) is 10.6. The Morgan fingerprint density at radius 1 is 1.19 bits per heavy atom. The van der Waals surface area contributed by atoms with E-state index in [4.69, 9.17) is 0 Å². The van der Waals surface area contributed by atoms with Crippen LogP contribution in [0.4, 0.5) is 10.7 Å². The zero-order valence-corrected chi connectivity index (χ0v) is 17.5. The van der Waals surface area contributed by atoms with Crippen molar-refractivity contribution < 1.29 is 9.90 Å². The molecule has 1 aliphatic carbocycles. The monoisotopic (exact) mass is 429 g/mol. The molecule has 32 heavy (non-hydrogen) atoms. The second kappa shape index (κ2) is 8.35. The van der Waals surface area contributed by atoms with Crippen LogP contribution in [-0.4, -0.2) is 42.6 Å². The third kappa shape index (κ3) is 4.02. The number of amides is 2. The summed E-state index contributed by atoms with van der Waals surface area (Å²) < 4.78 is 0. The molecule has 0 saturated heterocycles. The number of nitrogens with zero attached hydrogens (tertiary/aromatic N) is 4. The van der Waals surface area contributed by atoms with Gasteiger partial charge in [-0.1, -0.05) is 6.07 Å². The van der Waals surface area contributed by atoms with Gasteiger partial charge in [-0.25, -0.2) is 19.7 Å². The molecule has 0 spiro atoms. The van der Waals surface area contributed by atoms with Gasteiger partial charge in [0.15, 0.2) is 5.82 Å². The number of rotatable bonds is 6. The summed E-state index contributed by atoms with van der Waals surface area (Å²) in [6, 6.07) is 9.14. The molecule has 3 heterocycles. The van der Waals surface area contributed by atoms with Gasteiger partial charge in [-0.05, 0) is 55.5 Å². The Kier molecular flexibility index (Phi) is 5.24. The van der Waals surface area contributed by atoms with Crippen molar-refractivity contribution in [2.75, 3.05) is 11.9 Å². The quantitative estimate of drug-likeness (QED) is 0.370. The maximum Gasteiger partial charge on any atom is 0.321 e. The van der Waals surface area contributed by atoms with E-state index < -0.39 is 6.10 Å². The third-order valence-corrected chi connectivity index (χ3v) is 5.46. The number of imidazole rings is 1. The van der Waals surface area contributed by atoms with Crippen molar-refractivity contribution in [2.24, 2.45) is 5.92 Å². The predicted octanol–water partition coefficient (Wildman–Crippen LogP) is 3.67. The summed E-state index contributed by atoms with van der Waals surface area (Å²) in [5.41, 5.74) is 4.61. The average Bonchev–Trinajstić information content (AvgIpc) is 3.59. The number of urea groups is 1. The van der Waals surface area contributed by atoms with E-state index >= 15 is 0 Å². The van der Waals surface area contributed by atoms with Gasteiger partial charge >= 0.3 is 6.03 Å². The van der Waals surface area contributed by atoms with Gasteiger partial charge in [0, 0.05) is 36.3 Å². The molecule has 9 nitrogen and oxygen atoms in total. The molecule has 3 aromatic heterocycles. The molecule has 4 aromatic rings. The van der Waals surface area contributed by atoms with Gasteiger partial charge in [0.25, 0.3) is 0 Å². The topological polar surface area (TPSA) is 129 Å². The minimum Gasteiger partial charge on any atom is -0.387 e. The van der Waals surface area contributed by atoms with Crippen molar-refractivity contribution in [3.63, 3.8) is 0 Å². The maximum absolute atomic E-state index is 11.9. The highest BCUT2D eigenvalue weighted by Crippen LogP contribution is 2.40. The number of pyridine rings is 1. The van der Waals surface area contributed by atoms with Crippen molar-refractivity contribution in [3.05, 3.63) is 54.6 Å². The van der Waals surface area contributed by atoms with Crippen LogP contribution in [0.15, 0.2) is 48.9 Å². The van der Waals surface area contributed by atoms with E-state index in [1.54, 1.807) is 24.7 Å². The Balaban J connectivity index is 1.56. The van der Waals surface area contributed by atoms with Crippen molar-refractivity contribution >= 4 is 23.0 Å². The fourth-order valence-corrected chi connectivity index (χ4v) is 3.67. The molecular weight excluding hydrogens is 406 g/mol. The number of carbonyl (C=O) groups is 1. The third-order valence-electron chi connectivity index (χ3n) is 5.46. The molecule has 1 aliphatic rings. The van der Waals surface area contributed by atoms with Crippen LogP contribution in [0.5, 0.6) is 0 Å². The molecule has 1 saturated carbocycles. The summed E-state index contributed by atoms with van der Waals surface area (Å²) in [6.07, 6.45) is 6.72. The number of nitrogens with one attached hydrogen (secondary N) is 3. The molecule has 1 aromatic carbocycles. The highest BCUT2D eigenvalue weighted by atomic mass is 16.3. The Hall–Kier alpha value is -3.85. The van der Waals surface area contributed by atoms with Crippen LogP contribution < -0.4 is 10.6 Å². The predicted molar refractivity (Wildman–Crippen MR) is 121 cm³/mol. The SMILES string of the molecule is CCNC(=O)Nc1nc2cc(-c3ccc(C(O)C4CC4)nc3)cc(-c3ncccn3)c2[nH]1. The summed E-state index contributed by atoms with van der Waals surface area (Å²) in [5, 5.41) is 15.7. The summed E-state index contributed by atoms with van der Waals surface area (Å²) >= 11 is 0. The van der Waals surface area contributed by atoms with Gasteiger partial charge in [0.1, 0.15) is 0 Å². The van der Waals surface area contributed by atoms with Gasteiger partial charge in [-0.15, -0.1) is 0 Å². The molecule has 1 atom stereocenters. The first-order valence-electron chi connectivity index (χ1n) is 10.6. The average molecular weight is 429 g/mol. The molecule has 0 aliphatic heterocycles. The van der Waals surface area contributed by atoms with Gasteiger partial charge in [-0.3, -0.25) is 10.3 Å². The summed E-state index contributed by atoms with van der Waals surface area (Å²) in [6.45, 7) is 2.36. The number of aliphatic hydroxyl groups excluding tert-OH is 1. The highest BCUT2D eigenvalue weighted by Gasteiger charge is 2.31. The lowest BCUT2D eigenvalue weighted by Crippen LogP contribution is -2.28. The van der Waals surface area contributed by atoms with E-state index in [-0.39, 0.29) is 6.03 Å². The van der Waals surface area contributed by atoms with E-state index in [0.29, 0.717) is 35.4 Å². The largest absolute Gasteiger partial charge is 0.387 e. The number of benzene rings is 1. The van der Waals surface area contributed by atoms with Gasteiger partial charge in [0.05, 0.1) is 22.8 Å². The molecule has 9 heteroatoms. The number of hydrogen-bond donors (Lipinski definition) is 4. The lowest BCUT2D eigenvalue weighted by molar-refractivity contribution is 0.149. The van der Waals surface area contributed by atoms with Crippen molar-refractivity contribution in [2.45, 2.75) is 25.9 Å². The molecular formula is C23H23N7O2.